The van der Waals surface area contributed by atoms with Crippen LogP contribution >= 0.6 is 0 Å². The predicted molar refractivity (Wildman–Crippen MR) is 126 cm³/mol. The summed E-state index contributed by atoms with van der Waals surface area (Å²) in [5, 5.41) is 25.2. The van der Waals surface area contributed by atoms with E-state index >= 15 is 0 Å². The van der Waals surface area contributed by atoms with Crippen molar-refractivity contribution in [1.82, 2.24) is 9.78 Å². The van der Waals surface area contributed by atoms with Crippen molar-refractivity contribution < 1.29 is 5.11 Å². The average molecular weight is 438 g/mol. The minimum atomic E-state index is -0.799. The van der Waals surface area contributed by atoms with Gasteiger partial charge in [0.2, 0.25) is 0 Å². The van der Waals surface area contributed by atoms with E-state index in [1.54, 1.807) is 17.1 Å². The van der Waals surface area contributed by atoms with Gasteiger partial charge in [-0.25, -0.2) is 0 Å². The topological polar surface area (TPSA) is 61.8 Å². The third kappa shape index (κ3) is 3.37. The lowest BCUT2D eigenvalue weighted by atomic mass is 9.44. The van der Waals surface area contributed by atoms with Gasteiger partial charge in [0.15, 0.2) is 0 Å². The number of aromatic nitrogens is 2. The van der Waals surface area contributed by atoms with E-state index in [0.29, 0.717) is 23.4 Å². The molecule has 0 aromatic carbocycles. The SMILES string of the molecule is C[C@@H]1C[C@@]2(C)CC[C@@H]3C(CC[C@@]4(C)C3CC[C@@H]4[C@](C)(O)Cn3cc(C#N)cn3)[C@H]2C[C@@H]1C. The van der Waals surface area contributed by atoms with Gasteiger partial charge in [0.1, 0.15) is 6.07 Å². The minimum absolute atomic E-state index is 0.219. The van der Waals surface area contributed by atoms with Gasteiger partial charge in [-0.2, -0.15) is 10.4 Å². The normalized spacial score (nSPS) is 47.6. The summed E-state index contributed by atoms with van der Waals surface area (Å²) in [4.78, 5) is 0. The molecule has 4 aliphatic carbocycles. The summed E-state index contributed by atoms with van der Waals surface area (Å²) in [7, 11) is 0. The largest absolute Gasteiger partial charge is 0.388 e. The van der Waals surface area contributed by atoms with Crippen LogP contribution in [0.5, 0.6) is 0 Å². The molecule has 0 saturated heterocycles. The second-order valence-electron chi connectivity index (χ2n) is 13.2. The molecule has 5 rings (SSSR count). The summed E-state index contributed by atoms with van der Waals surface area (Å²) >= 11 is 0. The predicted octanol–water partition coefficient (Wildman–Crippen LogP) is 6.05. The fourth-order valence-electron chi connectivity index (χ4n) is 9.68. The van der Waals surface area contributed by atoms with E-state index in [1.165, 1.54) is 44.9 Å². The maximum Gasteiger partial charge on any atom is 0.102 e. The van der Waals surface area contributed by atoms with Crippen molar-refractivity contribution in [3.63, 3.8) is 0 Å². The molecule has 4 saturated carbocycles. The summed E-state index contributed by atoms with van der Waals surface area (Å²) in [5.41, 5.74) is 0.547. The van der Waals surface area contributed by atoms with Gasteiger partial charge in [0.05, 0.1) is 23.9 Å². The van der Waals surface area contributed by atoms with Crippen molar-refractivity contribution in [3.8, 4) is 6.07 Å². The first-order chi connectivity index (χ1) is 15.1. The van der Waals surface area contributed by atoms with Gasteiger partial charge in [-0.05, 0) is 111 Å². The standard InChI is InChI=1S/C28H43N3O/c1-18-12-24-22-9-11-27(4)23(21(22)8-10-26(24,3)13-19(18)2)6-7-25(27)28(5,32)17-31-16-20(14-29)15-30-31/h15-16,18-19,21-25,32H,6-13,17H2,1-5H3/t18-,19+,21+,22?,23?,24+,25-,26+,27-,28+/m0/s1. The number of rotatable bonds is 3. The molecular formula is C28H43N3O. The molecule has 32 heavy (non-hydrogen) atoms. The van der Waals surface area contributed by atoms with Gasteiger partial charge < -0.3 is 5.11 Å². The zero-order valence-corrected chi connectivity index (χ0v) is 20.8. The number of nitrogens with zero attached hydrogens (tertiary/aromatic N) is 3. The van der Waals surface area contributed by atoms with Gasteiger partial charge in [0.25, 0.3) is 0 Å². The quantitative estimate of drug-likeness (QED) is 0.626. The first-order valence-electron chi connectivity index (χ1n) is 13.2. The van der Waals surface area contributed by atoms with Gasteiger partial charge >= 0.3 is 0 Å². The number of hydrogen-bond donors (Lipinski definition) is 1. The van der Waals surface area contributed by atoms with Crippen molar-refractivity contribution in [2.75, 3.05) is 0 Å². The van der Waals surface area contributed by atoms with Crippen LogP contribution in [0.15, 0.2) is 12.4 Å². The number of nitriles is 1. The summed E-state index contributed by atoms with van der Waals surface area (Å²) in [6, 6.07) is 2.15. The Morgan fingerprint density at radius 3 is 2.56 bits per heavy atom. The lowest BCUT2D eigenvalue weighted by Gasteiger charge is -2.61. The molecule has 0 aliphatic heterocycles. The Bertz CT molecular complexity index is 899. The third-order valence-electron chi connectivity index (χ3n) is 11.3. The van der Waals surface area contributed by atoms with E-state index in [2.05, 4.69) is 38.9 Å². The van der Waals surface area contributed by atoms with E-state index in [9.17, 15) is 5.11 Å². The fraction of sp³-hybridized carbons (Fsp3) is 0.857. The van der Waals surface area contributed by atoms with E-state index in [0.717, 1.165) is 41.9 Å². The summed E-state index contributed by atoms with van der Waals surface area (Å²) in [6.07, 6.45) is 14.1. The smallest absolute Gasteiger partial charge is 0.102 e. The molecule has 1 aromatic rings. The number of fused-ring (bicyclic) bond motifs is 5. The van der Waals surface area contributed by atoms with E-state index in [1.807, 2.05) is 6.92 Å². The molecule has 1 aromatic heterocycles. The fourth-order valence-corrected chi connectivity index (χ4v) is 9.68. The molecule has 176 valence electrons. The zero-order valence-electron chi connectivity index (χ0n) is 20.8. The van der Waals surface area contributed by atoms with Crippen LogP contribution in [0, 0.1) is 63.6 Å². The molecule has 2 unspecified atom stereocenters. The highest BCUT2D eigenvalue weighted by molar-refractivity contribution is 5.22. The Kier molecular flexibility index (Phi) is 5.32. The molecule has 4 aliphatic rings. The highest BCUT2D eigenvalue weighted by Gasteiger charge is 2.61. The molecule has 1 N–H and O–H groups in total. The summed E-state index contributed by atoms with van der Waals surface area (Å²) in [6.45, 7) is 12.6. The van der Waals surface area contributed by atoms with Crippen molar-refractivity contribution in [2.24, 2.45) is 52.3 Å². The molecular weight excluding hydrogens is 394 g/mol. The van der Waals surface area contributed by atoms with Crippen LogP contribution < -0.4 is 0 Å². The van der Waals surface area contributed by atoms with Gasteiger partial charge in [-0.1, -0.05) is 27.7 Å². The first-order valence-corrected chi connectivity index (χ1v) is 13.2. The monoisotopic (exact) mass is 437 g/mol. The third-order valence-corrected chi connectivity index (χ3v) is 11.3. The lowest BCUT2D eigenvalue weighted by Crippen LogP contribution is -2.55. The van der Waals surface area contributed by atoms with Gasteiger partial charge in [-0.15, -0.1) is 0 Å². The van der Waals surface area contributed by atoms with E-state index in [4.69, 9.17) is 5.26 Å². The molecule has 0 radical (unpaired) electrons. The Balaban J connectivity index is 1.36. The van der Waals surface area contributed by atoms with Crippen molar-refractivity contribution in [2.45, 2.75) is 98.1 Å². The second kappa shape index (κ2) is 7.59. The van der Waals surface area contributed by atoms with Crippen LogP contribution in [0.1, 0.15) is 91.5 Å². The minimum Gasteiger partial charge on any atom is -0.388 e. The van der Waals surface area contributed by atoms with Crippen molar-refractivity contribution in [3.05, 3.63) is 18.0 Å². The molecule has 4 heteroatoms. The second-order valence-corrected chi connectivity index (χ2v) is 13.2. The molecule has 10 atom stereocenters. The lowest BCUT2D eigenvalue weighted by molar-refractivity contribution is -0.136. The highest BCUT2D eigenvalue weighted by Crippen LogP contribution is 2.68. The highest BCUT2D eigenvalue weighted by atomic mass is 16.3. The van der Waals surface area contributed by atoms with Crippen LogP contribution in [0.25, 0.3) is 0 Å². The Hall–Kier alpha value is -1.34. The molecule has 1 heterocycles. The Morgan fingerprint density at radius 1 is 1.12 bits per heavy atom. The Labute approximate surface area is 194 Å². The van der Waals surface area contributed by atoms with E-state index in [-0.39, 0.29) is 5.41 Å². The Morgan fingerprint density at radius 2 is 1.84 bits per heavy atom. The molecule has 4 fully saturated rings. The molecule has 0 amide bonds. The number of hydrogen-bond acceptors (Lipinski definition) is 3. The summed E-state index contributed by atoms with van der Waals surface area (Å²) < 4.78 is 1.78. The maximum absolute atomic E-state index is 11.7. The maximum atomic E-state index is 11.7. The van der Waals surface area contributed by atoms with Crippen LogP contribution in [0.3, 0.4) is 0 Å². The van der Waals surface area contributed by atoms with Crippen LogP contribution in [-0.4, -0.2) is 20.5 Å². The average Bonchev–Trinajstić information content (AvgIpc) is 3.32. The van der Waals surface area contributed by atoms with Crippen molar-refractivity contribution in [1.29, 1.82) is 5.26 Å². The van der Waals surface area contributed by atoms with Crippen LogP contribution in [-0.2, 0) is 6.54 Å². The van der Waals surface area contributed by atoms with Gasteiger partial charge in [-0.3, -0.25) is 4.68 Å². The first kappa shape index (κ1) is 22.5. The molecule has 0 spiro atoms. The van der Waals surface area contributed by atoms with Gasteiger partial charge in [0, 0.05) is 6.20 Å². The molecule has 4 nitrogen and oxygen atoms in total. The van der Waals surface area contributed by atoms with Crippen molar-refractivity contribution >= 4 is 0 Å². The van der Waals surface area contributed by atoms with Crippen LogP contribution in [0.2, 0.25) is 0 Å². The molecule has 0 bridgehead atoms. The number of aliphatic hydroxyl groups is 1. The zero-order chi connectivity index (χ0) is 22.9. The van der Waals surface area contributed by atoms with E-state index < -0.39 is 5.60 Å². The summed E-state index contributed by atoms with van der Waals surface area (Å²) in [5.74, 6) is 5.45. The van der Waals surface area contributed by atoms with Crippen LogP contribution in [0.4, 0.5) is 0 Å².